The first-order chi connectivity index (χ1) is 8.72. The Morgan fingerprint density at radius 2 is 2.17 bits per heavy atom. The molecular formula is C13H12N4O. The highest BCUT2D eigenvalue weighted by Crippen LogP contribution is 2.08. The molecule has 0 radical (unpaired) electrons. The van der Waals surface area contributed by atoms with Crippen LogP contribution in [0.25, 0.3) is 5.69 Å². The van der Waals surface area contributed by atoms with E-state index < -0.39 is 0 Å². The van der Waals surface area contributed by atoms with Crippen LogP contribution in [0.1, 0.15) is 10.4 Å². The first-order valence-electron chi connectivity index (χ1n) is 5.45. The van der Waals surface area contributed by atoms with Gasteiger partial charge in [-0.2, -0.15) is 10.4 Å². The van der Waals surface area contributed by atoms with Gasteiger partial charge in [-0.05, 0) is 12.1 Å². The molecule has 1 aromatic heterocycles. The second kappa shape index (κ2) is 5.15. The Balaban J connectivity index is 2.22. The van der Waals surface area contributed by atoms with Gasteiger partial charge in [0.15, 0.2) is 0 Å². The van der Waals surface area contributed by atoms with Gasteiger partial charge in [-0.3, -0.25) is 4.79 Å². The lowest BCUT2D eigenvalue weighted by Crippen LogP contribution is -2.26. The van der Waals surface area contributed by atoms with Crippen molar-refractivity contribution in [3.8, 4) is 11.8 Å². The number of para-hydroxylation sites is 1. The Kier molecular flexibility index (Phi) is 3.39. The monoisotopic (exact) mass is 240 g/mol. The van der Waals surface area contributed by atoms with E-state index in [0.29, 0.717) is 5.56 Å². The quantitative estimate of drug-likeness (QED) is 0.763. The maximum Gasteiger partial charge on any atom is 0.257 e. The van der Waals surface area contributed by atoms with Gasteiger partial charge in [0.1, 0.15) is 6.54 Å². The lowest BCUT2D eigenvalue weighted by Gasteiger charge is -2.10. The van der Waals surface area contributed by atoms with Gasteiger partial charge >= 0.3 is 0 Å². The van der Waals surface area contributed by atoms with Gasteiger partial charge in [0.25, 0.3) is 5.91 Å². The number of rotatable bonds is 3. The summed E-state index contributed by atoms with van der Waals surface area (Å²) in [7, 11) is 1.59. The summed E-state index contributed by atoms with van der Waals surface area (Å²) in [6, 6.07) is 11.5. The van der Waals surface area contributed by atoms with Crippen LogP contribution in [0, 0.1) is 11.3 Å². The van der Waals surface area contributed by atoms with Crippen LogP contribution < -0.4 is 0 Å². The molecule has 90 valence electrons. The van der Waals surface area contributed by atoms with Crippen LogP contribution in [-0.4, -0.2) is 34.2 Å². The molecular weight excluding hydrogens is 228 g/mol. The molecule has 0 bridgehead atoms. The lowest BCUT2D eigenvalue weighted by atomic mass is 10.3. The standard InChI is InChI=1S/C13H12N4O/c1-16(8-7-14)13(18)11-9-15-17(10-11)12-5-3-2-4-6-12/h2-6,9-10H,8H2,1H3. The van der Waals surface area contributed by atoms with E-state index in [0.717, 1.165) is 5.69 Å². The van der Waals surface area contributed by atoms with Crippen molar-refractivity contribution in [1.29, 1.82) is 5.26 Å². The second-order valence-electron chi connectivity index (χ2n) is 3.83. The zero-order chi connectivity index (χ0) is 13.0. The van der Waals surface area contributed by atoms with Crippen LogP contribution in [0.4, 0.5) is 0 Å². The molecule has 5 heteroatoms. The molecule has 1 amide bonds. The Hall–Kier alpha value is -2.61. The molecule has 5 nitrogen and oxygen atoms in total. The first-order valence-corrected chi connectivity index (χ1v) is 5.45. The fourth-order valence-corrected chi connectivity index (χ4v) is 1.55. The molecule has 0 aliphatic rings. The van der Waals surface area contributed by atoms with Crippen LogP contribution in [0.15, 0.2) is 42.7 Å². The number of benzene rings is 1. The maximum atomic E-state index is 11.9. The number of aromatic nitrogens is 2. The first kappa shape index (κ1) is 11.9. The maximum absolute atomic E-state index is 11.9. The number of carbonyl (C=O) groups excluding carboxylic acids is 1. The zero-order valence-electron chi connectivity index (χ0n) is 9.95. The molecule has 0 aliphatic heterocycles. The van der Waals surface area contributed by atoms with Crippen LogP contribution in [0.2, 0.25) is 0 Å². The van der Waals surface area contributed by atoms with Crippen molar-refractivity contribution >= 4 is 5.91 Å². The van der Waals surface area contributed by atoms with Crippen molar-refractivity contribution in [2.75, 3.05) is 13.6 Å². The topological polar surface area (TPSA) is 61.9 Å². The van der Waals surface area contributed by atoms with Crippen LogP contribution >= 0.6 is 0 Å². The molecule has 0 saturated carbocycles. The number of carbonyl (C=O) groups is 1. The van der Waals surface area contributed by atoms with Gasteiger partial charge in [0.2, 0.25) is 0 Å². The molecule has 0 fully saturated rings. The van der Waals surface area contributed by atoms with E-state index in [4.69, 9.17) is 5.26 Å². The fraction of sp³-hybridized carbons (Fsp3) is 0.154. The highest BCUT2D eigenvalue weighted by atomic mass is 16.2. The van der Waals surface area contributed by atoms with Crippen molar-refractivity contribution in [1.82, 2.24) is 14.7 Å². The van der Waals surface area contributed by atoms with Gasteiger partial charge in [0.05, 0.1) is 23.5 Å². The molecule has 0 N–H and O–H groups in total. The van der Waals surface area contributed by atoms with Gasteiger partial charge in [-0.15, -0.1) is 0 Å². The Bertz CT molecular complexity index is 583. The minimum atomic E-state index is -0.210. The Labute approximate surface area is 105 Å². The molecule has 2 rings (SSSR count). The summed E-state index contributed by atoms with van der Waals surface area (Å²) in [5.41, 5.74) is 1.36. The lowest BCUT2D eigenvalue weighted by molar-refractivity contribution is 0.0812. The van der Waals surface area contributed by atoms with Gasteiger partial charge in [-0.25, -0.2) is 4.68 Å². The van der Waals surface area contributed by atoms with E-state index in [1.807, 2.05) is 36.4 Å². The predicted molar refractivity (Wildman–Crippen MR) is 66.1 cm³/mol. The molecule has 0 saturated heterocycles. The highest BCUT2D eigenvalue weighted by molar-refractivity contribution is 5.93. The summed E-state index contributed by atoms with van der Waals surface area (Å²) < 4.78 is 1.63. The van der Waals surface area contributed by atoms with Crippen molar-refractivity contribution < 1.29 is 4.79 Å². The SMILES string of the molecule is CN(CC#N)C(=O)c1cnn(-c2ccccc2)c1. The Morgan fingerprint density at radius 1 is 1.44 bits per heavy atom. The normalized spacial score (nSPS) is 9.78. The van der Waals surface area contributed by atoms with Gasteiger partial charge in [0, 0.05) is 13.2 Å². The van der Waals surface area contributed by atoms with Crippen molar-refractivity contribution in [2.24, 2.45) is 0 Å². The van der Waals surface area contributed by atoms with Crippen molar-refractivity contribution in [3.05, 3.63) is 48.3 Å². The van der Waals surface area contributed by atoms with Crippen molar-refractivity contribution in [3.63, 3.8) is 0 Å². The minimum Gasteiger partial charge on any atom is -0.328 e. The molecule has 0 spiro atoms. The minimum absolute atomic E-state index is 0.0648. The van der Waals surface area contributed by atoms with E-state index >= 15 is 0 Å². The van der Waals surface area contributed by atoms with E-state index in [1.54, 1.807) is 17.9 Å². The Morgan fingerprint density at radius 3 is 2.83 bits per heavy atom. The van der Waals surface area contributed by atoms with Gasteiger partial charge in [-0.1, -0.05) is 18.2 Å². The molecule has 0 atom stereocenters. The predicted octanol–water partition coefficient (Wildman–Crippen LogP) is 1.47. The molecule has 1 heterocycles. The number of hydrogen-bond donors (Lipinski definition) is 0. The van der Waals surface area contributed by atoms with Gasteiger partial charge < -0.3 is 4.90 Å². The average Bonchev–Trinajstić information content (AvgIpc) is 2.89. The van der Waals surface area contributed by atoms with Crippen LogP contribution in [-0.2, 0) is 0 Å². The highest BCUT2D eigenvalue weighted by Gasteiger charge is 2.13. The fourth-order valence-electron chi connectivity index (χ4n) is 1.55. The van der Waals surface area contributed by atoms with E-state index in [2.05, 4.69) is 5.10 Å². The molecule has 1 aromatic carbocycles. The summed E-state index contributed by atoms with van der Waals surface area (Å²) >= 11 is 0. The van der Waals surface area contributed by atoms with E-state index in [-0.39, 0.29) is 12.5 Å². The third kappa shape index (κ3) is 2.38. The summed E-state index contributed by atoms with van der Waals surface area (Å²) in [6.07, 6.45) is 3.16. The average molecular weight is 240 g/mol. The number of nitrogens with zero attached hydrogens (tertiary/aromatic N) is 4. The smallest absolute Gasteiger partial charge is 0.257 e. The third-order valence-electron chi connectivity index (χ3n) is 2.50. The molecule has 0 unspecified atom stereocenters. The third-order valence-corrected chi connectivity index (χ3v) is 2.50. The van der Waals surface area contributed by atoms with E-state index in [1.165, 1.54) is 11.1 Å². The molecule has 2 aromatic rings. The van der Waals surface area contributed by atoms with Crippen molar-refractivity contribution in [2.45, 2.75) is 0 Å². The number of amides is 1. The van der Waals surface area contributed by atoms with E-state index in [9.17, 15) is 4.79 Å². The largest absolute Gasteiger partial charge is 0.328 e. The van der Waals surface area contributed by atoms with Crippen LogP contribution in [0.5, 0.6) is 0 Å². The summed E-state index contributed by atoms with van der Waals surface area (Å²) in [5, 5.41) is 12.7. The van der Waals surface area contributed by atoms with Crippen LogP contribution in [0.3, 0.4) is 0 Å². The molecule has 18 heavy (non-hydrogen) atoms. The summed E-state index contributed by atoms with van der Waals surface area (Å²) in [6.45, 7) is 0.0648. The number of hydrogen-bond acceptors (Lipinski definition) is 3. The summed E-state index contributed by atoms with van der Waals surface area (Å²) in [4.78, 5) is 13.3. The summed E-state index contributed by atoms with van der Waals surface area (Å²) in [5.74, 6) is -0.210. The second-order valence-corrected chi connectivity index (χ2v) is 3.83. The number of nitriles is 1. The zero-order valence-corrected chi connectivity index (χ0v) is 9.95. The molecule has 0 aliphatic carbocycles.